The second-order valence-electron chi connectivity index (χ2n) is 9.25. The molecule has 3 aliphatic rings. The predicted octanol–water partition coefficient (Wildman–Crippen LogP) is 1.60. The summed E-state index contributed by atoms with van der Waals surface area (Å²) in [7, 11) is -2.33. The van der Waals surface area contributed by atoms with E-state index in [1.807, 2.05) is 6.08 Å². The summed E-state index contributed by atoms with van der Waals surface area (Å²) in [5.41, 5.74) is 0. The molecule has 1 N–H and O–H groups in total. The molecule has 36 heavy (non-hydrogen) atoms. The van der Waals surface area contributed by atoms with Gasteiger partial charge in [-0.3, -0.25) is 4.79 Å². The molecule has 11 heteroatoms. The minimum Gasteiger partial charge on any atom is -0.497 e. The third kappa shape index (κ3) is 6.38. The zero-order valence-electron chi connectivity index (χ0n) is 20.7. The van der Waals surface area contributed by atoms with Crippen LogP contribution in [0.2, 0.25) is 0 Å². The van der Waals surface area contributed by atoms with Crippen molar-refractivity contribution in [1.29, 1.82) is 0 Å². The van der Waals surface area contributed by atoms with Crippen LogP contribution in [0.5, 0.6) is 5.75 Å². The number of aliphatic hydroxyl groups excluding tert-OH is 1. The van der Waals surface area contributed by atoms with Gasteiger partial charge in [-0.25, -0.2) is 8.42 Å². The van der Waals surface area contributed by atoms with Crippen molar-refractivity contribution in [2.45, 2.75) is 36.9 Å². The first-order valence-electron chi connectivity index (χ1n) is 12.5. The monoisotopic (exact) mass is 524 g/mol. The predicted molar refractivity (Wildman–Crippen MR) is 131 cm³/mol. The van der Waals surface area contributed by atoms with Gasteiger partial charge in [0.05, 0.1) is 38.4 Å². The van der Waals surface area contributed by atoms with Crippen molar-refractivity contribution < 1.29 is 37.3 Å². The number of allylic oxidation sites excluding steroid dienone is 1. The van der Waals surface area contributed by atoms with Crippen molar-refractivity contribution in [2.75, 3.05) is 59.7 Å². The number of aliphatic hydroxyl groups is 1. The van der Waals surface area contributed by atoms with Crippen LogP contribution in [0.25, 0.3) is 0 Å². The summed E-state index contributed by atoms with van der Waals surface area (Å²) in [5, 5.41) is 9.48. The first-order valence-corrected chi connectivity index (χ1v) is 14.0. The van der Waals surface area contributed by atoms with Crippen molar-refractivity contribution in [3.63, 3.8) is 0 Å². The number of morpholine rings is 1. The Kier molecular flexibility index (Phi) is 9.24. The molecule has 0 unspecified atom stereocenters. The van der Waals surface area contributed by atoms with Crippen LogP contribution in [0.1, 0.15) is 25.7 Å². The number of carbonyl (C=O) groups excluding carboxylic acids is 1. The summed E-state index contributed by atoms with van der Waals surface area (Å²) in [5.74, 6) is 1.41. The highest BCUT2D eigenvalue weighted by Crippen LogP contribution is 2.40. The van der Waals surface area contributed by atoms with Crippen LogP contribution in [0, 0.1) is 11.8 Å². The molecule has 2 fully saturated rings. The van der Waals surface area contributed by atoms with E-state index in [1.54, 1.807) is 17.0 Å². The van der Waals surface area contributed by atoms with E-state index in [2.05, 4.69) is 0 Å². The SMILES string of the molecule is COc1ccc(S(=O)(=O)N(CCO)CCO[C@@H]2C[C@H](C3CCC3)C=C(C(=O)N3CCOCC3)O2)cc1. The van der Waals surface area contributed by atoms with Gasteiger partial charge in [-0.1, -0.05) is 6.42 Å². The molecule has 0 radical (unpaired) electrons. The second kappa shape index (κ2) is 12.4. The van der Waals surface area contributed by atoms with Crippen molar-refractivity contribution in [3.8, 4) is 5.75 Å². The average Bonchev–Trinajstić information content (AvgIpc) is 2.87. The van der Waals surface area contributed by atoms with Gasteiger partial charge in [-0.15, -0.1) is 0 Å². The Bertz CT molecular complexity index is 1000. The van der Waals surface area contributed by atoms with E-state index in [9.17, 15) is 18.3 Å². The Balaban J connectivity index is 1.39. The Morgan fingerprint density at radius 2 is 1.89 bits per heavy atom. The highest BCUT2D eigenvalue weighted by Gasteiger charge is 2.36. The lowest BCUT2D eigenvalue weighted by Crippen LogP contribution is -2.44. The lowest BCUT2D eigenvalue weighted by Gasteiger charge is -2.38. The molecule has 200 valence electrons. The number of hydrogen-bond acceptors (Lipinski definition) is 8. The van der Waals surface area contributed by atoms with Crippen molar-refractivity contribution in [2.24, 2.45) is 11.8 Å². The van der Waals surface area contributed by atoms with E-state index in [1.165, 1.54) is 30.0 Å². The number of amides is 1. The number of carbonyl (C=O) groups is 1. The largest absolute Gasteiger partial charge is 0.497 e. The topological polar surface area (TPSA) is 115 Å². The van der Waals surface area contributed by atoms with Gasteiger partial charge in [0.1, 0.15) is 5.75 Å². The van der Waals surface area contributed by atoms with Crippen molar-refractivity contribution >= 4 is 15.9 Å². The molecule has 1 aliphatic carbocycles. The van der Waals surface area contributed by atoms with E-state index in [-0.39, 0.29) is 43.0 Å². The van der Waals surface area contributed by atoms with Gasteiger partial charge in [0, 0.05) is 32.6 Å². The van der Waals surface area contributed by atoms with E-state index in [4.69, 9.17) is 18.9 Å². The van der Waals surface area contributed by atoms with E-state index >= 15 is 0 Å². The maximum Gasteiger partial charge on any atom is 0.288 e. The Morgan fingerprint density at radius 3 is 2.50 bits per heavy atom. The molecule has 1 amide bonds. The Hall–Kier alpha value is -2.18. The zero-order chi connectivity index (χ0) is 25.5. The van der Waals surface area contributed by atoms with Crippen LogP contribution < -0.4 is 4.74 Å². The number of nitrogens with zero attached hydrogens (tertiary/aromatic N) is 2. The lowest BCUT2D eigenvalue weighted by atomic mass is 9.73. The number of sulfonamides is 1. The normalized spacial score (nSPS) is 23.1. The molecule has 0 spiro atoms. The van der Waals surface area contributed by atoms with Gasteiger partial charge in [-0.05, 0) is 55.0 Å². The molecular formula is C25H36N2O8S. The van der Waals surface area contributed by atoms with Crippen LogP contribution in [-0.4, -0.2) is 94.6 Å². The molecule has 2 heterocycles. The van der Waals surface area contributed by atoms with E-state index in [0.29, 0.717) is 50.2 Å². The Labute approximate surface area is 212 Å². The fourth-order valence-electron chi connectivity index (χ4n) is 4.70. The molecule has 4 rings (SSSR count). The standard InChI is InChI=1S/C25H36N2O8S/c1-32-21-5-7-22(8-6-21)36(30,31)27(9-13-28)12-16-34-24-18-20(19-3-2-4-19)17-23(35-24)25(29)26-10-14-33-15-11-26/h5-8,17,19-20,24,28H,2-4,9-16,18H2,1H3/t20-,24+/m1/s1. The molecule has 1 aromatic rings. The molecule has 0 aromatic heterocycles. The zero-order valence-corrected chi connectivity index (χ0v) is 21.5. The third-order valence-corrected chi connectivity index (χ3v) is 8.96. The van der Waals surface area contributed by atoms with Gasteiger partial charge in [0.2, 0.25) is 16.3 Å². The van der Waals surface area contributed by atoms with Gasteiger partial charge in [-0.2, -0.15) is 4.31 Å². The van der Waals surface area contributed by atoms with Crippen LogP contribution in [0.3, 0.4) is 0 Å². The minimum absolute atomic E-state index is 0.0410. The fourth-order valence-corrected chi connectivity index (χ4v) is 6.12. The summed E-state index contributed by atoms with van der Waals surface area (Å²) >= 11 is 0. The van der Waals surface area contributed by atoms with Crippen molar-refractivity contribution in [3.05, 3.63) is 36.1 Å². The second-order valence-corrected chi connectivity index (χ2v) is 11.2. The van der Waals surface area contributed by atoms with Crippen LogP contribution >= 0.6 is 0 Å². The summed E-state index contributed by atoms with van der Waals surface area (Å²) in [6.07, 6.45) is 5.37. The summed E-state index contributed by atoms with van der Waals surface area (Å²) < 4.78 is 49.8. The smallest absolute Gasteiger partial charge is 0.288 e. The van der Waals surface area contributed by atoms with Crippen LogP contribution in [-0.2, 0) is 29.0 Å². The number of benzene rings is 1. The van der Waals surface area contributed by atoms with Crippen molar-refractivity contribution in [1.82, 2.24) is 9.21 Å². The van der Waals surface area contributed by atoms with Gasteiger partial charge in [0.25, 0.3) is 5.91 Å². The first kappa shape index (κ1) is 26.9. The summed E-state index contributed by atoms with van der Waals surface area (Å²) in [6, 6.07) is 6.11. The highest BCUT2D eigenvalue weighted by molar-refractivity contribution is 7.89. The quantitative estimate of drug-likeness (QED) is 0.464. The van der Waals surface area contributed by atoms with Gasteiger partial charge in [0.15, 0.2) is 5.76 Å². The summed E-state index contributed by atoms with van der Waals surface area (Å²) in [4.78, 5) is 14.9. The Morgan fingerprint density at radius 1 is 1.17 bits per heavy atom. The number of rotatable bonds is 11. The molecule has 1 aromatic carbocycles. The minimum atomic E-state index is -3.84. The first-order chi connectivity index (χ1) is 17.4. The van der Waals surface area contributed by atoms with E-state index in [0.717, 1.165) is 12.8 Å². The molecule has 0 bridgehead atoms. The maximum absolute atomic E-state index is 13.1. The molecule has 2 atom stereocenters. The summed E-state index contributed by atoms with van der Waals surface area (Å²) in [6.45, 7) is 1.80. The lowest BCUT2D eigenvalue weighted by molar-refractivity contribution is -0.159. The molecule has 1 saturated carbocycles. The molecule has 10 nitrogen and oxygen atoms in total. The number of hydrogen-bond donors (Lipinski definition) is 1. The molecule has 2 aliphatic heterocycles. The van der Waals surface area contributed by atoms with Gasteiger partial charge < -0.3 is 29.0 Å². The molecular weight excluding hydrogens is 488 g/mol. The molecule has 1 saturated heterocycles. The van der Waals surface area contributed by atoms with Crippen LogP contribution in [0.4, 0.5) is 0 Å². The number of ether oxygens (including phenoxy) is 4. The third-order valence-electron chi connectivity index (χ3n) is 7.04. The van der Waals surface area contributed by atoms with E-state index < -0.39 is 16.3 Å². The fraction of sp³-hybridized carbons (Fsp3) is 0.640. The number of methoxy groups -OCH3 is 1. The highest BCUT2D eigenvalue weighted by atomic mass is 32.2. The average molecular weight is 525 g/mol. The van der Waals surface area contributed by atoms with Gasteiger partial charge >= 0.3 is 0 Å². The van der Waals surface area contributed by atoms with Crippen LogP contribution in [0.15, 0.2) is 41.0 Å². The maximum atomic E-state index is 13.1.